The van der Waals surface area contributed by atoms with Crippen LogP contribution in [0.25, 0.3) is 0 Å². The van der Waals surface area contributed by atoms with E-state index in [0.717, 1.165) is 11.3 Å². The zero-order valence-corrected chi connectivity index (χ0v) is 20.0. The first-order valence-electron chi connectivity index (χ1n) is 11.9. The zero-order chi connectivity index (χ0) is 23.4. The van der Waals surface area contributed by atoms with Crippen molar-refractivity contribution in [3.05, 3.63) is 0 Å². The van der Waals surface area contributed by atoms with Gasteiger partial charge in [0.25, 0.3) is 5.91 Å². The van der Waals surface area contributed by atoms with Gasteiger partial charge < -0.3 is 20.0 Å². The van der Waals surface area contributed by atoms with Gasteiger partial charge in [-0.2, -0.15) is 0 Å². The molecule has 3 saturated heterocycles. The Balaban J connectivity index is 1.40. The van der Waals surface area contributed by atoms with Crippen molar-refractivity contribution in [1.82, 2.24) is 24.9 Å². The van der Waals surface area contributed by atoms with E-state index in [0.29, 0.717) is 57.4 Å². The first-order valence-corrected chi connectivity index (χ1v) is 11.9. The number of fused-ring (bicyclic) bond motifs is 1. The van der Waals surface area contributed by atoms with Gasteiger partial charge in [0.05, 0.1) is 6.04 Å². The lowest BCUT2D eigenvalue weighted by molar-refractivity contribution is -0.141. The second-order valence-corrected chi connectivity index (χ2v) is 11.5. The molecule has 178 valence electrons. The average molecular weight is 448 g/mol. The number of hydrogen-bond donors (Lipinski definition) is 1. The maximum absolute atomic E-state index is 13.3. The Labute approximate surface area is 190 Å². The molecule has 3 heterocycles. The lowest BCUT2D eigenvalue weighted by atomic mass is 9.64. The van der Waals surface area contributed by atoms with Crippen LogP contribution in [0.15, 0.2) is 0 Å². The van der Waals surface area contributed by atoms with E-state index in [4.69, 9.17) is 0 Å². The maximum Gasteiger partial charge on any atom is 0.325 e. The highest BCUT2D eigenvalue weighted by molar-refractivity contribution is 6.09. The number of piperazine rings is 1. The Morgan fingerprint density at radius 1 is 1.12 bits per heavy atom. The van der Waals surface area contributed by atoms with Crippen LogP contribution in [-0.2, 0) is 9.59 Å². The predicted molar refractivity (Wildman–Crippen MR) is 119 cm³/mol. The van der Waals surface area contributed by atoms with Crippen molar-refractivity contribution in [3.8, 4) is 0 Å². The molecule has 4 fully saturated rings. The van der Waals surface area contributed by atoms with Crippen molar-refractivity contribution >= 4 is 23.9 Å². The van der Waals surface area contributed by atoms with E-state index in [1.54, 1.807) is 4.90 Å². The lowest BCUT2D eigenvalue weighted by Crippen LogP contribution is -2.56. The smallest absolute Gasteiger partial charge is 0.325 e. The number of nitrogens with zero attached hydrogens (tertiary/aromatic N) is 4. The first-order chi connectivity index (χ1) is 14.9. The highest BCUT2D eigenvalue weighted by Gasteiger charge is 2.56. The third kappa shape index (κ3) is 4.06. The Hall–Kier alpha value is -2.32. The van der Waals surface area contributed by atoms with Crippen LogP contribution in [0.2, 0.25) is 0 Å². The molecule has 1 spiro atoms. The summed E-state index contributed by atoms with van der Waals surface area (Å²) in [7, 11) is 0. The molecule has 0 bridgehead atoms. The minimum Gasteiger partial charge on any atom is -0.337 e. The molecule has 9 nitrogen and oxygen atoms in total. The fourth-order valence-corrected chi connectivity index (χ4v) is 6.48. The summed E-state index contributed by atoms with van der Waals surface area (Å²) >= 11 is 0. The summed E-state index contributed by atoms with van der Waals surface area (Å²) < 4.78 is 0. The molecule has 0 radical (unpaired) electrons. The number of urea groups is 2. The van der Waals surface area contributed by atoms with Gasteiger partial charge in [-0.25, -0.2) is 9.59 Å². The first kappa shape index (κ1) is 22.9. The molecule has 6 amide bonds. The second-order valence-electron chi connectivity index (χ2n) is 11.5. The second kappa shape index (κ2) is 7.92. The highest BCUT2D eigenvalue weighted by atomic mass is 16.2. The van der Waals surface area contributed by atoms with E-state index in [1.165, 1.54) is 0 Å². The Morgan fingerprint density at radius 2 is 1.84 bits per heavy atom. The van der Waals surface area contributed by atoms with Gasteiger partial charge in [-0.3, -0.25) is 14.5 Å². The van der Waals surface area contributed by atoms with Crippen LogP contribution in [0.3, 0.4) is 0 Å². The quantitative estimate of drug-likeness (QED) is 0.664. The molecule has 3 atom stereocenters. The molecule has 4 rings (SSSR count). The van der Waals surface area contributed by atoms with Gasteiger partial charge in [0, 0.05) is 32.7 Å². The minimum atomic E-state index is -0.896. The molecule has 0 aromatic rings. The van der Waals surface area contributed by atoms with Gasteiger partial charge in [-0.1, -0.05) is 34.6 Å². The summed E-state index contributed by atoms with van der Waals surface area (Å²) in [6.45, 7) is 13.0. The number of amides is 6. The standard InChI is InChI=1S/C23H37N5O4/c1-15(2)10-26-12-17-11-25(6-7-27(17)21(26)32)18(29)13-28-19(30)23(24-20(28)31)9-16(3)8-22(4,5)14-23/h15-17H,6-14H2,1-5H3,(H,24,31)/t16-,17-,23+/m0/s1. The van der Waals surface area contributed by atoms with E-state index in [2.05, 4.69) is 39.9 Å². The Kier molecular flexibility index (Phi) is 5.66. The topological polar surface area (TPSA) is 93.3 Å². The molecule has 32 heavy (non-hydrogen) atoms. The summed E-state index contributed by atoms with van der Waals surface area (Å²) in [6.07, 6.45) is 2.21. The fraction of sp³-hybridized carbons (Fsp3) is 0.826. The largest absolute Gasteiger partial charge is 0.337 e. The molecule has 0 aromatic carbocycles. The van der Waals surface area contributed by atoms with E-state index in [9.17, 15) is 19.2 Å². The van der Waals surface area contributed by atoms with Gasteiger partial charge in [0.1, 0.15) is 12.1 Å². The van der Waals surface area contributed by atoms with Crippen LogP contribution in [0.5, 0.6) is 0 Å². The molecule has 0 unspecified atom stereocenters. The lowest BCUT2D eigenvalue weighted by Gasteiger charge is -2.43. The summed E-state index contributed by atoms with van der Waals surface area (Å²) in [5.41, 5.74) is -0.944. The number of imide groups is 1. The van der Waals surface area contributed by atoms with Crippen molar-refractivity contribution < 1.29 is 19.2 Å². The third-order valence-corrected chi connectivity index (χ3v) is 7.29. The average Bonchev–Trinajstić information content (AvgIpc) is 3.07. The molecular weight excluding hydrogens is 410 g/mol. The van der Waals surface area contributed by atoms with Gasteiger partial charge in [0.15, 0.2) is 0 Å². The summed E-state index contributed by atoms with van der Waals surface area (Å²) in [4.78, 5) is 58.2. The van der Waals surface area contributed by atoms with Crippen LogP contribution in [0.1, 0.15) is 53.9 Å². The van der Waals surface area contributed by atoms with E-state index in [1.807, 2.05) is 9.80 Å². The van der Waals surface area contributed by atoms with Crippen LogP contribution >= 0.6 is 0 Å². The van der Waals surface area contributed by atoms with Gasteiger partial charge >= 0.3 is 12.1 Å². The fourth-order valence-electron chi connectivity index (χ4n) is 6.48. The Morgan fingerprint density at radius 3 is 2.50 bits per heavy atom. The third-order valence-electron chi connectivity index (χ3n) is 7.29. The van der Waals surface area contributed by atoms with E-state index < -0.39 is 11.6 Å². The van der Waals surface area contributed by atoms with Crippen LogP contribution in [0, 0.1) is 17.3 Å². The van der Waals surface area contributed by atoms with Crippen molar-refractivity contribution in [2.45, 2.75) is 65.5 Å². The normalized spacial score (nSPS) is 32.2. The van der Waals surface area contributed by atoms with E-state index in [-0.39, 0.29) is 35.8 Å². The Bertz CT molecular complexity index is 827. The number of rotatable bonds is 4. The van der Waals surface area contributed by atoms with Crippen molar-refractivity contribution in [1.29, 1.82) is 0 Å². The monoisotopic (exact) mass is 447 g/mol. The zero-order valence-electron chi connectivity index (χ0n) is 20.0. The maximum atomic E-state index is 13.3. The molecule has 1 aliphatic carbocycles. The van der Waals surface area contributed by atoms with Gasteiger partial charge in [-0.05, 0) is 36.5 Å². The predicted octanol–water partition coefficient (Wildman–Crippen LogP) is 1.73. The molecule has 0 aromatic heterocycles. The highest BCUT2D eigenvalue weighted by Crippen LogP contribution is 2.46. The summed E-state index contributed by atoms with van der Waals surface area (Å²) in [5.74, 6) is 0.203. The van der Waals surface area contributed by atoms with Crippen molar-refractivity contribution in [3.63, 3.8) is 0 Å². The van der Waals surface area contributed by atoms with E-state index >= 15 is 0 Å². The minimum absolute atomic E-state index is 0.0339. The molecule has 9 heteroatoms. The molecule has 1 N–H and O–H groups in total. The van der Waals surface area contributed by atoms with Crippen LogP contribution in [0.4, 0.5) is 9.59 Å². The number of carbonyl (C=O) groups is 4. The number of nitrogens with one attached hydrogen (secondary N) is 1. The van der Waals surface area contributed by atoms with Gasteiger partial charge in [-0.15, -0.1) is 0 Å². The molecule has 3 aliphatic heterocycles. The SMILES string of the molecule is CC(C)CN1C[C@@H]2CN(C(=O)CN3C(=O)N[C@@]4(C[C@@H](C)CC(C)(C)C4)C3=O)CCN2C1=O. The van der Waals surface area contributed by atoms with Crippen LogP contribution in [-0.4, -0.2) is 94.3 Å². The summed E-state index contributed by atoms with van der Waals surface area (Å²) in [5, 5.41) is 2.94. The van der Waals surface area contributed by atoms with Crippen molar-refractivity contribution in [2.75, 3.05) is 39.3 Å². The van der Waals surface area contributed by atoms with Gasteiger partial charge in [0.2, 0.25) is 5.91 Å². The molecular formula is C23H37N5O4. The molecule has 4 aliphatic rings. The number of hydrogen-bond acceptors (Lipinski definition) is 4. The number of carbonyl (C=O) groups excluding carboxylic acids is 4. The van der Waals surface area contributed by atoms with Crippen molar-refractivity contribution in [2.24, 2.45) is 17.3 Å². The molecule has 1 saturated carbocycles. The van der Waals surface area contributed by atoms with Crippen LogP contribution < -0.4 is 5.32 Å². The summed E-state index contributed by atoms with van der Waals surface area (Å²) in [6, 6.07) is -0.458.